The highest BCUT2D eigenvalue weighted by Crippen LogP contribution is 2.22. The van der Waals surface area contributed by atoms with Crippen LogP contribution in [0.15, 0.2) is 18.3 Å². The molecule has 1 N–H and O–H groups in total. The number of nitrogens with one attached hydrogen (secondary N) is 1. The van der Waals surface area contributed by atoms with Crippen LogP contribution >= 0.6 is 0 Å². The Kier molecular flexibility index (Phi) is 5.61. The van der Waals surface area contributed by atoms with E-state index in [1.54, 1.807) is 0 Å². The summed E-state index contributed by atoms with van der Waals surface area (Å²) < 4.78 is 5.45. The third kappa shape index (κ3) is 4.48. The molecule has 1 saturated carbocycles. The highest BCUT2D eigenvalue weighted by atomic mass is 16.5. The molecular weight excluding hydrogens is 238 g/mol. The summed E-state index contributed by atoms with van der Waals surface area (Å²) in [6.07, 6.45) is 4.51. The number of nitrogens with zero attached hydrogens (tertiary/aromatic N) is 2. The summed E-state index contributed by atoms with van der Waals surface area (Å²) in [5, 5.41) is 3.56. The van der Waals surface area contributed by atoms with E-state index < -0.39 is 0 Å². The molecular formula is C15H25N3O. The summed E-state index contributed by atoms with van der Waals surface area (Å²) in [5.74, 6) is 1.10. The lowest BCUT2D eigenvalue weighted by molar-refractivity contribution is 0.154. The van der Waals surface area contributed by atoms with Crippen molar-refractivity contribution in [2.24, 2.45) is 0 Å². The predicted molar refractivity (Wildman–Crippen MR) is 78.5 cm³/mol. The van der Waals surface area contributed by atoms with Crippen LogP contribution in [0.1, 0.15) is 32.3 Å². The van der Waals surface area contributed by atoms with Crippen LogP contribution in [0.5, 0.6) is 0 Å². The van der Waals surface area contributed by atoms with Gasteiger partial charge >= 0.3 is 0 Å². The number of hydrogen-bond acceptors (Lipinski definition) is 4. The molecule has 0 spiro atoms. The standard InChI is InChI=1S/C15H25N3O/c1-3-18(10-11-19-4-2)15-13(6-5-9-16-15)12-17-14-7-8-14/h5-6,9,14,17H,3-4,7-8,10-12H2,1-2H3. The van der Waals surface area contributed by atoms with Crippen LogP contribution < -0.4 is 10.2 Å². The van der Waals surface area contributed by atoms with E-state index in [9.17, 15) is 0 Å². The van der Waals surface area contributed by atoms with Crippen molar-refractivity contribution in [2.45, 2.75) is 39.3 Å². The van der Waals surface area contributed by atoms with E-state index >= 15 is 0 Å². The van der Waals surface area contributed by atoms with Crippen LogP contribution in [0.4, 0.5) is 5.82 Å². The van der Waals surface area contributed by atoms with Crippen molar-refractivity contribution >= 4 is 5.82 Å². The molecule has 2 rings (SSSR count). The first-order valence-corrected chi connectivity index (χ1v) is 7.35. The van der Waals surface area contributed by atoms with Gasteiger partial charge in [0.25, 0.3) is 0 Å². The van der Waals surface area contributed by atoms with Crippen molar-refractivity contribution in [3.8, 4) is 0 Å². The maximum Gasteiger partial charge on any atom is 0.133 e. The fraction of sp³-hybridized carbons (Fsp3) is 0.667. The molecule has 1 aromatic rings. The van der Waals surface area contributed by atoms with E-state index in [0.29, 0.717) is 0 Å². The highest BCUT2D eigenvalue weighted by molar-refractivity contribution is 5.46. The summed E-state index contributed by atoms with van der Waals surface area (Å²) in [4.78, 5) is 6.85. The van der Waals surface area contributed by atoms with Gasteiger partial charge in [0.1, 0.15) is 5.82 Å². The van der Waals surface area contributed by atoms with Crippen molar-refractivity contribution < 1.29 is 4.74 Å². The number of likely N-dealkylation sites (N-methyl/N-ethyl adjacent to an activating group) is 1. The molecule has 0 radical (unpaired) electrons. The second kappa shape index (κ2) is 7.46. The van der Waals surface area contributed by atoms with Crippen LogP contribution in [-0.4, -0.2) is 37.3 Å². The zero-order valence-corrected chi connectivity index (χ0v) is 12.1. The number of hydrogen-bond donors (Lipinski definition) is 1. The molecule has 1 aliphatic rings. The first-order chi connectivity index (χ1) is 9.35. The molecule has 0 amide bonds. The van der Waals surface area contributed by atoms with Crippen molar-refractivity contribution in [1.82, 2.24) is 10.3 Å². The second-order valence-electron chi connectivity index (χ2n) is 4.92. The quantitative estimate of drug-likeness (QED) is 0.693. The van der Waals surface area contributed by atoms with Gasteiger partial charge in [-0.05, 0) is 32.8 Å². The van der Waals surface area contributed by atoms with E-state index in [4.69, 9.17) is 4.74 Å². The minimum atomic E-state index is 0.728. The Bertz CT molecular complexity index is 379. The van der Waals surface area contributed by atoms with Gasteiger partial charge in [-0.1, -0.05) is 6.07 Å². The van der Waals surface area contributed by atoms with E-state index in [1.807, 2.05) is 19.2 Å². The Hall–Kier alpha value is -1.13. The number of rotatable bonds is 9. The molecule has 0 aliphatic heterocycles. The van der Waals surface area contributed by atoms with Crippen molar-refractivity contribution in [3.63, 3.8) is 0 Å². The smallest absolute Gasteiger partial charge is 0.133 e. The third-order valence-corrected chi connectivity index (χ3v) is 3.42. The molecule has 1 heterocycles. The monoisotopic (exact) mass is 263 g/mol. The topological polar surface area (TPSA) is 37.4 Å². The number of anilines is 1. The van der Waals surface area contributed by atoms with Gasteiger partial charge in [-0.25, -0.2) is 4.98 Å². The number of ether oxygens (including phenoxy) is 1. The predicted octanol–water partition coefficient (Wildman–Crippen LogP) is 2.20. The summed E-state index contributed by atoms with van der Waals surface area (Å²) in [6, 6.07) is 4.91. The zero-order valence-electron chi connectivity index (χ0n) is 12.1. The molecule has 0 atom stereocenters. The van der Waals surface area contributed by atoms with Crippen molar-refractivity contribution in [1.29, 1.82) is 0 Å². The minimum absolute atomic E-state index is 0.728. The summed E-state index contributed by atoms with van der Waals surface area (Å²) >= 11 is 0. The molecule has 4 nitrogen and oxygen atoms in total. The number of aromatic nitrogens is 1. The van der Waals surface area contributed by atoms with Gasteiger partial charge in [0.2, 0.25) is 0 Å². The summed E-state index contributed by atoms with van der Waals surface area (Å²) in [7, 11) is 0. The lowest BCUT2D eigenvalue weighted by Crippen LogP contribution is -2.30. The Morgan fingerprint density at radius 3 is 2.95 bits per heavy atom. The van der Waals surface area contributed by atoms with Gasteiger partial charge in [0.15, 0.2) is 0 Å². The molecule has 19 heavy (non-hydrogen) atoms. The van der Waals surface area contributed by atoms with Crippen LogP contribution in [0.25, 0.3) is 0 Å². The van der Waals surface area contributed by atoms with Gasteiger partial charge in [0.05, 0.1) is 6.61 Å². The molecule has 1 fully saturated rings. The normalized spacial score (nSPS) is 14.6. The van der Waals surface area contributed by atoms with Gasteiger partial charge < -0.3 is 15.0 Å². The van der Waals surface area contributed by atoms with E-state index in [-0.39, 0.29) is 0 Å². The Balaban J connectivity index is 1.97. The average Bonchev–Trinajstić information content (AvgIpc) is 3.26. The van der Waals surface area contributed by atoms with E-state index in [2.05, 4.69) is 28.2 Å². The van der Waals surface area contributed by atoms with Crippen LogP contribution in [0, 0.1) is 0 Å². The maximum absolute atomic E-state index is 5.45. The fourth-order valence-electron chi connectivity index (χ4n) is 2.13. The van der Waals surface area contributed by atoms with Gasteiger partial charge in [-0.3, -0.25) is 0 Å². The molecule has 1 aliphatic carbocycles. The second-order valence-corrected chi connectivity index (χ2v) is 4.92. The molecule has 106 valence electrons. The van der Waals surface area contributed by atoms with Crippen LogP contribution in [-0.2, 0) is 11.3 Å². The molecule has 4 heteroatoms. The van der Waals surface area contributed by atoms with Gasteiger partial charge in [-0.15, -0.1) is 0 Å². The zero-order chi connectivity index (χ0) is 13.5. The maximum atomic E-state index is 5.45. The fourth-order valence-corrected chi connectivity index (χ4v) is 2.13. The SMILES string of the molecule is CCOCCN(CC)c1ncccc1CNC1CC1. The molecule has 0 aromatic carbocycles. The summed E-state index contributed by atoms with van der Waals surface area (Å²) in [5.41, 5.74) is 1.28. The van der Waals surface area contributed by atoms with Gasteiger partial charge in [0, 0.05) is 44.0 Å². The van der Waals surface area contributed by atoms with E-state index in [1.165, 1.54) is 18.4 Å². The first kappa shape index (κ1) is 14.3. The summed E-state index contributed by atoms with van der Waals surface area (Å²) in [6.45, 7) is 8.50. The van der Waals surface area contributed by atoms with Crippen molar-refractivity contribution in [2.75, 3.05) is 31.2 Å². The minimum Gasteiger partial charge on any atom is -0.380 e. The molecule has 1 aromatic heterocycles. The van der Waals surface area contributed by atoms with Crippen LogP contribution in [0.2, 0.25) is 0 Å². The lowest BCUT2D eigenvalue weighted by atomic mass is 10.2. The Morgan fingerprint density at radius 2 is 2.26 bits per heavy atom. The van der Waals surface area contributed by atoms with E-state index in [0.717, 1.165) is 44.7 Å². The highest BCUT2D eigenvalue weighted by Gasteiger charge is 2.21. The lowest BCUT2D eigenvalue weighted by Gasteiger charge is -2.24. The first-order valence-electron chi connectivity index (χ1n) is 7.35. The average molecular weight is 263 g/mol. The van der Waals surface area contributed by atoms with Gasteiger partial charge in [-0.2, -0.15) is 0 Å². The largest absolute Gasteiger partial charge is 0.380 e. The molecule has 0 unspecified atom stereocenters. The molecule has 0 bridgehead atoms. The molecule has 0 saturated heterocycles. The Morgan fingerprint density at radius 1 is 1.42 bits per heavy atom. The Labute approximate surface area is 116 Å². The third-order valence-electron chi connectivity index (χ3n) is 3.42. The number of pyridine rings is 1. The van der Waals surface area contributed by atoms with Crippen LogP contribution in [0.3, 0.4) is 0 Å². The van der Waals surface area contributed by atoms with Crippen molar-refractivity contribution in [3.05, 3.63) is 23.9 Å².